The van der Waals surface area contributed by atoms with Crippen LogP contribution in [0.1, 0.15) is 88.9 Å². The van der Waals surface area contributed by atoms with E-state index in [-0.39, 0.29) is 47.8 Å². The first-order chi connectivity index (χ1) is 32.1. The molecule has 0 radical (unpaired) electrons. The number of aromatic amines is 2. The minimum atomic E-state index is -0.703. The summed E-state index contributed by atoms with van der Waals surface area (Å²) in [5, 5.41) is 7.87. The molecule has 348 valence electrons. The lowest BCUT2D eigenvalue weighted by atomic mass is 9.90. The number of H-pyrrole nitrogens is 2. The summed E-state index contributed by atoms with van der Waals surface area (Å²) in [7, 11) is 2.63. The number of fused-ring (bicyclic) bond motifs is 1. The number of nitrogens with zero attached hydrogens (tertiary/aromatic N) is 4. The smallest absolute Gasteiger partial charge is 0.407 e. The van der Waals surface area contributed by atoms with Crippen LogP contribution < -0.4 is 10.6 Å². The van der Waals surface area contributed by atoms with Gasteiger partial charge >= 0.3 is 12.2 Å². The largest absolute Gasteiger partial charge is 0.453 e. The van der Waals surface area contributed by atoms with E-state index in [2.05, 4.69) is 95.1 Å². The third-order valence-electron chi connectivity index (χ3n) is 14.3. The number of likely N-dealkylation sites (tertiary alicyclic amines) is 2. The molecule has 66 heavy (non-hydrogen) atoms. The molecule has 9 rings (SSSR count). The first-order valence-corrected chi connectivity index (χ1v) is 23.3. The van der Waals surface area contributed by atoms with Crippen LogP contribution in [0.5, 0.6) is 0 Å². The molecule has 5 aromatic rings. The van der Waals surface area contributed by atoms with Gasteiger partial charge in [0.05, 0.1) is 50.1 Å². The number of carbonyl (C=O) groups excluding carboxylic acids is 4. The van der Waals surface area contributed by atoms with Gasteiger partial charge in [0, 0.05) is 44.1 Å². The number of benzene rings is 3. The Kier molecular flexibility index (Phi) is 13.4. The fourth-order valence-electron chi connectivity index (χ4n) is 10.5. The van der Waals surface area contributed by atoms with Crippen molar-refractivity contribution in [1.29, 1.82) is 0 Å². The number of methoxy groups -OCH3 is 2. The van der Waals surface area contributed by atoms with E-state index in [1.807, 2.05) is 22.2 Å². The molecule has 4 aliphatic rings. The van der Waals surface area contributed by atoms with Gasteiger partial charge in [-0.1, -0.05) is 48.5 Å². The molecular weight excluding hydrogens is 841 g/mol. The van der Waals surface area contributed by atoms with Gasteiger partial charge in [0.25, 0.3) is 0 Å². The molecular formula is C50H60N8O8. The lowest BCUT2D eigenvalue weighted by Crippen LogP contribution is -2.54. The van der Waals surface area contributed by atoms with Crippen LogP contribution in [0.15, 0.2) is 73.1 Å². The maximum atomic E-state index is 14.2. The number of hydrogen-bond acceptors (Lipinski definition) is 10. The summed E-state index contributed by atoms with van der Waals surface area (Å²) >= 11 is 0. The van der Waals surface area contributed by atoms with Gasteiger partial charge in [-0.05, 0) is 117 Å². The molecule has 2 aromatic heterocycles. The summed E-state index contributed by atoms with van der Waals surface area (Å²) < 4.78 is 20.9. The third kappa shape index (κ3) is 9.25. The van der Waals surface area contributed by atoms with Gasteiger partial charge in [-0.3, -0.25) is 9.59 Å². The highest BCUT2D eigenvalue weighted by Gasteiger charge is 2.44. The maximum absolute atomic E-state index is 14.2. The average molecular weight is 901 g/mol. The van der Waals surface area contributed by atoms with E-state index in [4.69, 9.17) is 28.9 Å². The van der Waals surface area contributed by atoms with Gasteiger partial charge in [0.2, 0.25) is 11.8 Å². The molecule has 16 nitrogen and oxygen atoms in total. The van der Waals surface area contributed by atoms with Crippen LogP contribution in [-0.4, -0.2) is 119 Å². The Hall–Kier alpha value is -6.26. The number of hydrogen-bond donors (Lipinski definition) is 4. The minimum absolute atomic E-state index is 0.0135. The van der Waals surface area contributed by atoms with Gasteiger partial charge in [-0.15, -0.1) is 0 Å². The number of carbonyl (C=O) groups is 4. The second kappa shape index (κ2) is 19.7. The molecule has 4 fully saturated rings. The summed E-state index contributed by atoms with van der Waals surface area (Å²) in [6.07, 6.45) is 8.37. The Morgan fingerprint density at radius 2 is 0.985 bits per heavy atom. The highest BCUT2D eigenvalue weighted by molar-refractivity contribution is 5.91. The number of imidazole rings is 2. The van der Waals surface area contributed by atoms with Crippen LogP contribution in [-0.2, 0) is 28.5 Å². The Morgan fingerprint density at radius 3 is 1.45 bits per heavy atom. The van der Waals surface area contributed by atoms with Crippen LogP contribution in [0.3, 0.4) is 0 Å². The monoisotopic (exact) mass is 900 g/mol. The molecule has 4 aliphatic heterocycles. The van der Waals surface area contributed by atoms with Crippen molar-refractivity contribution in [2.75, 3.05) is 40.6 Å². The SMILES string of the molecule is COC(=O)NC(C(=O)N1[C@@H](C)CC[C@H]1c1ncc(-c2ccc3cc(-c4ccc(-c5cnc([C@@H]6CC[C@H](C)N6C(=O)[C@@H](NC(=O)OC)C6CCOCC6)[nH]5)cc4)ccc3c2)[nH]1)C1CCOCC1. The first kappa shape index (κ1) is 44.9. The van der Waals surface area contributed by atoms with Gasteiger partial charge < -0.3 is 49.3 Å². The summed E-state index contributed by atoms with van der Waals surface area (Å²) in [4.78, 5) is 73.6. The molecule has 4 N–H and O–H groups in total. The predicted octanol–water partition coefficient (Wildman–Crippen LogP) is 7.69. The van der Waals surface area contributed by atoms with E-state index < -0.39 is 24.3 Å². The van der Waals surface area contributed by atoms with Crippen LogP contribution in [0.4, 0.5) is 9.59 Å². The number of amides is 4. The van der Waals surface area contributed by atoms with Crippen molar-refractivity contribution in [3.8, 4) is 33.6 Å². The van der Waals surface area contributed by atoms with Crippen molar-refractivity contribution in [2.24, 2.45) is 11.8 Å². The molecule has 0 saturated carbocycles. The van der Waals surface area contributed by atoms with Gasteiger partial charge in [0.15, 0.2) is 0 Å². The van der Waals surface area contributed by atoms with Gasteiger partial charge in [0.1, 0.15) is 23.7 Å². The summed E-state index contributed by atoms with van der Waals surface area (Å²) in [6, 6.07) is 19.3. The van der Waals surface area contributed by atoms with Crippen molar-refractivity contribution < 1.29 is 38.1 Å². The van der Waals surface area contributed by atoms with E-state index in [1.54, 1.807) is 0 Å². The fourth-order valence-corrected chi connectivity index (χ4v) is 10.5. The maximum Gasteiger partial charge on any atom is 0.407 e. The van der Waals surface area contributed by atoms with E-state index >= 15 is 0 Å². The third-order valence-corrected chi connectivity index (χ3v) is 14.3. The first-order valence-electron chi connectivity index (χ1n) is 23.3. The minimum Gasteiger partial charge on any atom is -0.453 e. The quantitative estimate of drug-likeness (QED) is 0.102. The lowest BCUT2D eigenvalue weighted by molar-refractivity contribution is -0.139. The highest BCUT2D eigenvalue weighted by Crippen LogP contribution is 2.40. The molecule has 1 unspecified atom stereocenters. The molecule has 4 saturated heterocycles. The number of rotatable bonds is 11. The lowest BCUT2D eigenvalue weighted by Gasteiger charge is -2.36. The van der Waals surface area contributed by atoms with Crippen molar-refractivity contribution in [3.05, 3.63) is 84.7 Å². The average Bonchev–Trinajstić information content (AvgIpc) is 4.19. The summed E-state index contributed by atoms with van der Waals surface area (Å²) in [5.41, 5.74) is 5.87. The highest BCUT2D eigenvalue weighted by atomic mass is 16.5. The zero-order valence-electron chi connectivity index (χ0n) is 38.1. The predicted molar refractivity (Wildman–Crippen MR) is 247 cm³/mol. The standard InChI is InChI=1S/C50H60N8O8/c1-29-5-15-41(57(29)47(59)43(55-49(61)63-3)33-17-21-65-22-18-33)45-51-27-39(53-45)32-9-7-31(8-10-32)35-11-12-37-26-38(14-13-36(37)25-35)40-28-52-46(54-40)42-16-6-30(2)58(42)48(60)44(56-50(62)64-4)34-19-23-66-24-20-34/h7-14,25-30,33-34,41-44H,5-6,15-24H2,1-4H3,(H,51,53)(H,52,54)(H,55,61)(H,56,62)/t29-,30-,41-,42-,43-,44?/m0/s1. The second-order valence-corrected chi connectivity index (χ2v) is 18.2. The Labute approximate surface area is 384 Å². The summed E-state index contributed by atoms with van der Waals surface area (Å²) in [6.45, 7) is 6.32. The molecule has 4 amide bonds. The summed E-state index contributed by atoms with van der Waals surface area (Å²) in [5.74, 6) is 1.14. The number of ether oxygens (including phenoxy) is 4. The molecule has 0 aliphatic carbocycles. The molecule has 16 heteroatoms. The van der Waals surface area contributed by atoms with Crippen LogP contribution in [0, 0.1) is 11.8 Å². The van der Waals surface area contributed by atoms with Crippen molar-refractivity contribution in [2.45, 2.75) is 101 Å². The Morgan fingerprint density at radius 1 is 0.576 bits per heavy atom. The van der Waals surface area contributed by atoms with E-state index in [1.165, 1.54) is 14.2 Å². The van der Waals surface area contributed by atoms with E-state index in [9.17, 15) is 19.2 Å². The van der Waals surface area contributed by atoms with Crippen molar-refractivity contribution in [1.82, 2.24) is 40.4 Å². The normalized spacial score (nSPS) is 22.5. The molecule has 0 bridgehead atoms. The fraction of sp³-hybridized carbons (Fsp3) is 0.480. The Bertz CT molecular complexity index is 2530. The molecule has 0 spiro atoms. The topological polar surface area (TPSA) is 193 Å². The van der Waals surface area contributed by atoms with Crippen molar-refractivity contribution >= 4 is 34.8 Å². The van der Waals surface area contributed by atoms with Gasteiger partial charge in [-0.25, -0.2) is 19.6 Å². The van der Waals surface area contributed by atoms with Crippen LogP contribution in [0.2, 0.25) is 0 Å². The van der Waals surface area contributed by atoms with Crippen LogP contribution in [0.25, 0.3) is 44.4 Å². The zero-order valence-corrected chi connectivity index (χ0v) is 38.1. The number of aromatic nitrogens is 4. The van der Waals surface area contributed by atoms with Crippen molar-refractivity contribution in [3.63, 3.8) is 0 Å². The van der Waals surface area contributed by atoms with Crippen LogP contribution >= 0.6 is 0 Å². The van der Waals surface area contributed by atoms with E-state index in [0.29, 0.717) is 52.1 Å². The van der Waals surface area contributed by atoms with E-state index in [0.717, 1.165) is 81.7 Å². The zero-order chi connectivity index (χ0) is 45.9. The van der Waals surface area contributed by atoms with Gasteiger partial charge in [-0.2, -0.15) is 0 Å². The Balaban J connectivity index is 0.876. The number of nitrogens with one attached hydrogen (secondary N) is 4. The molecule has 6 heterocycles. The second-order valence-electron chi connectivity index (χ2n) is 18.2. The molecule has 6 atom stereocenters. The molecule has 3 aromatic carbocycles. The number of alkyl carbamates (subject to hydrolysis) is 2.